The predicted molar refractivity (Wildman–Crippen MR) is 82.4 cm³/mol. The van der Waals surface area contributed by atoms with Crippen LogP contribution in [0, 0.1) is 0 Å². The zero-order valence-corrected chi connectivity index (χ0v) is 12.7. The summed E-state index contributed by atoms with van der Waals surface area (Å²) < 4.78 is 0. The van der Waals surface area contributed by atoms with Crippen LogP contribution in [0.5, 0.6) is 0 Å². The van der Waals surface area contributed by atoms with Gasteiger partial charge in [-0.2, -0.15) is 0 Å². The standard InChI is InChI=1S/C14H13Cl3N2/c1-19(9-10-4-2-3-5-12(10)16)14-6-11(7-15)13(17)8-18-14/h2-6,8H,7,9H2,1H3. The van der Waals surface area contributed by atoms with E-state index in [-0.39, 0.29) is 0 Å². The normalized spacial score (nSPS) is 10.5. The van der Waals surface area contributed by atoms with E-state index >= 15 is 0 Å². The van der Waals surface area contributed by atoms with Gasteiger partial charge in [0.25, 0.3) is 0 Å². The molecule has 100 valence electrons. The van der Waals surface area contributed by atoms with Crippen LogP contribution >= 0.6 is 34.8 Å². The minimum absolute atomic E-state index is 0.369. The molecule has 19 heavy (non-hydrogen) atoms. The van der Waals surface area contributed by atoms with E-state index in [1.807, 2.05) is 42.3 Å². The fraction of sp³-hybridized carbons (Fsp3) is 0.214. The van der Waals surface area contributed by atoms with E-state index in [2.05, 4.69) is 4.98 Å². The molecule has 2 rings (SSSR count). The van der Waals surface area contributed by atoms with Gasteiger partial charge in [0, 0.05) is 30.7 Å². The number of halogens is 3. The van der Waals surface area contributed by atoms with E-state index in [9.17, 15) is 0 Å². The van der Waals surface area contributed by atoms with Crippen molar-refractivity contribution in [3.8, 4) is 0 Å². The molecule has 1 heterocycles. The fourth-order valence-corrected chi connectivity index (χ4v) is 2.40. The molecule has 0 bridgehead atoms. The molecule has 0 aliphatic heterocycles. The number of rotatable bonds is 4. The van der Waals surface area contributed by atoms with Crippen molar-refractivity contribution >= 4 is 40.6 Å². The van der Waals surface area contributed by atoms with Crippen molar-refractivity contribution in [2.75, 3.05) is 11.9 Å². The lowest BCUT2D eigenvalue weighted by Gasteiger charge is -2.19. The van der Waals surface area contributed by atoms with E-state index in [4.69, 9.17) is 34.8 Å². The Morgan fingerprint density at radius 1 is 1.11 bits per heavy atom. The molecule has 0 aliphatic carbocycles. The van der Waals surface area contributed by atoms with Crippen LogP contribution < -0.4 is 4.90 Å². The fourth-order valence-electron chi connectivity index (χ4n) is 1.74. The molecule has 2 nitrogen and oxygen atoms in total. The third-order valence-corrected chi connectivity index (χ3v) is 3.82. The lowest BCUT2D eigenvalue weighted by atomic mass is 10.2. The number of anilines is 1. The first kappa shape index (κ1) is 14.4. The number of pyridine rings is 1. The molecule has 1 aromatic carbocycles. The van der Waals surface area contributed by atoms with Crippen LogP contribution in [0.15, 0.2) is 36.5 Å². The molecule has 0 amide bonds. The summed E-state index contributed by atoms with van der Waals surface area (Å²) in [7, 11) is 1.96. The number of nitrogens with zero attached hydrogens (tertiary/aromatic N) is 2. The summed E-state index contributed by atoms with van der Waals surface area (Å²) in [5, 5.41) is 1.34. The van der Waals surface area contributed by atoms with Gasteiger partial charge >= 0.3 is 0 Å². The van der Waals surface area contributed by atoms with Crippen LogP contribution in [0.4, 0.5) is 5.82 Å². The molecule has 0 fully saturated rings. The summed E-state index contributed by atoms with van der Waals surface area (Å²) in [6, 6.07) is 9.65. The zero-order chi connectivity index (χ0) is 13.8. The maximum absolute atomic E-state index is 6.15. The smallest absolute Gasteiger partial charge is 0.128 e. The molecule has 0 aliphatic rings. The third kappa shape index (κ3) is 3.53. The Labute approximate surface area is 127 Å². The largest absolute Gasteiger partial charge is 0.355 e. The summed E-state index contributed by atoms with van der Waals surface area (Å²) in [4.78, 5) is 6.31. The minimum atomic E-state index is 0.369. The molecule has 1 aromatic heterocycles. The maximum Gasteiger partial charge on any atom is 0.128 e. The number of hydrogen-bond acceptors (Lipinski definition) is 2. The van der Waals surface area contributed by atoms with Gasteiger partial charge in [-0.15, -0.1) is 11.6 Å². The highest BCUT2D eigenvalue weighted by atomic mass is 35.5. The highest BCUT2D eigenvalue weighted by Crippen LogP contribution is 2.23. The minimum Gasteiger partial charge on any atom is -0.355 e. The van der Waals surface area contributed by atoms with Crippen molar-refractivity contribution < 1.29 is 0 Å². The van der Waals surface area contributed by atoms with Crippen LogP contribution in [0.2, 0.25) is 10.0 Å². The Bertz CT molecular complexity index is 572. The van der Waals surface area contributed by atoms with Crippen LogP contribution in [0.3, 0.4) is 0 Å². The van der Waals surface area contributed by atoms with Gasteiger partial charge in [-0.1, -0.05) is 41.4 Å². The van der Waals surface area contributed by atoms with Crippen molar-refractivity contribution in [1.29, 1.82) is 0 Å². The lowest BCUT2D eigenvalue weighted by Crippen LogP contribution is -2.18. The topological polar surface area (TPSA) is 16.1 Å². The number of alkyl halides is 1. The first-order chi connectivity index (χ1) is 9.11. The van der Waals surface area contributed by atoms with Crippen LogP contribution in [0.1, 0.15) is 11.1 Å². The summed E-state index contributed by atoms with van der Waals surface area (Å²) >= 11 is 18.0. The van der Waals surface area contributed by atoms with Gasteiger partial charge in [-0.05, 0) is 23.3 Å². The molecule has 0 saturated carbocycles. The van der Waals surface area contributed by atoms with Gasteiger partial charge in [0.15, 0.2) is 0 Å². The number of aromatic nitrogens is 1. The molecule has 5 heteroatoms. The van der Waals surface area contributed by atoms with Crippen LogP contribution in [0.25, 0.3) is 0 Å². The predicted octanol–water partition coefficient (Wildman–Crippen LogP) is 4.76. The van der Waals surface area contributed by atoms with Crippen LogP contribution in [-0.2, 0) is 12.4 Å². The maximum atomic E-state index is 6.15. The average molecular weight is 316 g/mol. The van der Waals surface area contributed by atoms with E-state index in [1.54, 1.807) is 6.20 Å². The number of benzene rings is 1. The second kappa shape index (κ2) is 6.47. The summed E-state index contributed by atoms with van der Waals surface area (Å²) in [6.07, 6.45) is 1.62. The molecule has 0 atom stereocenters. The zero-order valence-electron chi connectivity index (χ0n) is 10.4. The summed E-state index contributed by atoms with van der Waals surface area (Å²) in [6.45, 7) is 0.677. The van der Waals surface area contributed by atoms with Crippen LogP contribution in [-0.4, -0.2) is 12.0 Å². The second-order valence-electron chi connectivity index (χ2n) is 4.22. The summed E-state index contributed by atoms with van der Waals surface area (Å²) in [5.41, 5.74) is 1.93. The van der Waals surface area contributed by atoms with Gasteiger partial charge in [-0.3, -0.25) is 0 Å². The monoisotopic (exact) mass is 314 g/mol. The first-order valence-corrected chi connectivity index (χ1v) is 7.06. The highest BCUT2D eigenvalue weighted by Gasteiger charge is 2.08. The molecule has 2 aromatic rings. The van der Waals surface area contributed by atoms with E-state index < -0.39 is 0 Å². The van der Waals surface area contributed by atoms with Gasteiger partial charge in [0.05, 0.1) is 5.02 Å². The Morgan fingerprint density at radius 2 is 1.84 bits per heavy atom. The van der Waals surface area contributed by atoms with E-state index in [1.165, 1.54) is 0 Å². The SMILES string of the molecule is CN(Cc1ccccc1Cl)c1cc(CCl)c(Cl)cn1. The lowest BCUT2D eigenvalue weighted by molar-refractivity contribution is 0.896. The van der Waals surface area contributed by atoms with Crippen molar-refractivity contribution in [1.82, 2.24) is 4.98 Å². The van der Waals surface area contributed by atoms with Crippen molar-refractivity contribution in [3.05, 3.63) is 57.7 Å². The quantitative estimate of drug-likeness (QED) is 0.756. The van der Waals surface area contributed by atoms with E-state index in [0.717, 1.165) is 22.0 Å². The van der Waals surface area contributed by atoms with Gasteiger partial charge < -0.3 is 4.90 Å². The first-order valence-electron chi connectivity index (χ1n) is 5.76. The third-order valence-electron chi connectivity index (χ3n) is 2.82. The molecular formula is C14H13Cl3N2. The molecular weight excluding hydrogens is 303 g/mol. The average Bonchev–Trinajstić information content (AvgIpc) is 2.42. The van der Waals surface area contributed by atoms with Gasteiger partial charge in [0.2, 0.25) is 0 Å². The summed E-state index contributed by atoms with van der Waals surface area (Å²) in [5.74, 6) is 1.19. The Kier molecular flexibility index (Phi) is 4.92. The van der Waals surface area contributed by atoms with Crippen molar-refractivity contribution in [2.24, 2.45) is 0 Å². The Hall–Kier alpha value is -0.960. The second-order valence-corrected chi connectivity index (χ2v) is 5.30. The molecule has 0 spiro atoms. The van der Waals surface area contributed by atoms with Crippen molar-refractivity contribution in [3.63, 3.8) is 0 Å². The highest BCUT2D eigenvalue weighted by molar-refractivity contribution is 6.32. The Morgan fingerprint density at radius 3 is 2.53 bits per heavy atom. The number of hydrogen-bond donors (Lipinski definition) is 0. The molecule has 0 N–H and O–H groups in total. The van der Waals surface area contributed by atoms with Crippen molar-refractivity contribution in [2.45, 2.75) is 12.4 Å². The van der Waals surface area contributed by atoms with Gasteiger partial charge in [-0.25, -0.2) is 4.98 Å². The molecule has 0 radical (unpaired) electrons. The van der Waals surface area contributed by atoms with Gasteiger partial charge in [0.1, 0.15) is 5.82 Å². The van der Waals surface area contributed by atoms with E-state index in [0.29, 0.717) is 17.4 Å². The molecule has 0 unspecified atom stereocenters. The Balaban J connectivity index is 2.20. The molecule has 0 saturated heterocycles.